The lowest BCUT2D eigenvalue weighted by Gasteiger charge is -2.65. The van der Waals surface area contributed by atoms with Crippen molar-refractivity contribution >= 4 is 18.7 Å². The molecule has 4 aliphatic carbocycles. The molecule has 4 saturated carbocycles. The van der Waals surface area contributed by atoms with Crippen LogP contribution in [0.1, 0.15) is 105 Å². The molecule has 4 rings (SSSR count). The van der Waals surface area contributed by atoms with Crippen LogP contribution in [0.15, 0.2) is 0 Å². The average Bonchev–Trinajstić information content (AvgIpc) is 3.20. The first-order chi connectivity index (χ1) is 16.7. The van der Waals surface area contributed by atoms with Gasteiger partial charge in [-0.05, 0) is 104 Å². The van der Waals surface area contributed by atoms with Crippen molar-refractivity contribution in [2.45, 2.75) is 117 Å². The third-order valence-corrected chi connectivity index (χ3v) is 11.8. The van der Waals surface area contributed by atoms with E-state index in [1.165, 1.54) is 25.7 Å². The summed E-state index contributed by atoms with van der Waals surface area (Å²) in [6, 6.07) is 0. The number of hydrogen-bond donors (Lipinski definition) is 0. The maximum absolute atomic E-state index is 12.0. The van der Waals surface area contributed by atoms with Gasteiger partial charge in [0.2, 0.25) is 0 Å². The summed E-state index contributed by atoms with van der Waals surface area (Å²) in [5.74, 6) is 3.81. The van der Waals surface area contributed by atoms with Gasteiger partial charge in [-0.2, -0.15) is 0 Å². The molecule has 5 heteroatoms. The minimum atomic E-state index is -0.0455. The van der Waals surface area contributed by atoms with E-state index in [9.17, 15) is 14.4 Å². The number of rotatable bonds is 10. The minimum Gasteiger partial charge on any atom is -0.465 e. The maximum Gasteiger partial charge on any atom is 0.293 e. The second-order valence-corrected chi connectivity index (χ2v) is 12.9. The van der Waals surface area contributed by atoms with Crippen molar-refractivity contribution in [3.8, 4) is 0 Å². The first kappa shape index (κ1) is 26.7. The zero-order valence-electron chi connectivity index (χ0n) is 22.7. The van der Waals surface area contributed by atoms with Crippen molar-refractivity contribution in [2.75, 3.05) is 0 Å². The van der Waals surface area contributed by atoms with E-state index in [4.69, 9.17) is 9.47 Å². The summed E-state index contributed by atoms with van der Waals surface area (Å²) >= 11 is 0. The van der Waals surface area contributed by atoms with E-state index in [0.717, 1.165) is 32.1 Å². The van der Waals surface area contributed by atoms with Crippen LogP contribution in [0, 0.1) is 52.3 Å². The molecule has 0 heterocycles. The quantitative estimate of drug-likeness (QED) is 0.334. The lowest BCUT2D eigenvalue weighted by molar-refractivity contribution is -0.213. The van der Waals surface area contributed by atoms with Crippen LogP contribution < -0.4 is 0 Å². The highest BCUT2D eigenvalue weighted by atomic mass is 16.5. The first-order valence-corrected chi connectivity index (χ1v) is 14.4. The molecule has 4 fully saturated rings. The Morgan fingerprint density at radius 1 is 0.943 bits per heavy atom. The zero-order chi connectivity index (χ0) is 25.4. The van der Waals surface area contributed by atoms with E-state index in [1.807, 2.05) is 6.92 Å². The molecular weight excluding hydrogens is 440 g/mol. The highest BCUT2D eigenvalue weighted by molar-refractivity contribution is 5.77. The molecule has 5 nitrogen and oxygen atoms in total. The Balaban J connectivity index is 1.63. The number of fused-ring (bicyclic) bond motifs is 5. The smallest absolute Gasteiger partial charge is 0.293 e. The zero-order valence-corrected chi connectivity index (χ0v) is 22.7. The van der Waals surface area contributed by atoms with Crippen molar-refractivity contribution in [1.82, 2.24) is 0 Å². The number of Topliss-reactive ketones (excluding diaryl/α,β-unsaturated/α-hetero) is 1. The Labute approximate surface area is 212 Å². The minimum absolute atomic E-state index is 0.00976. The molecule has 0 aliphatic heterocycles. The van der Waals surface area contributed by atoms with Crippen LogP contribution in [0.3, 0.4) is 0 Å². The van der Waals surface area contributed by atoms with Gasteiger partial charge in [0, 0.05) is 18.8 Å². The predicted molar refractivity (Wildman–Crippen MR) is 135 cm³/mol. The van der Waals surface area contributed by atoms with Gasteiger partial charge in [-0.25, -0.2) is 0 Å². The summed E-state index contributed by atoms with van der Waals surface area (Å²) < 4.78 is 11.5. The van der Waals surface area contributed by atoms with Gasteiger partial charge in [-0.15, -0.1) is 0 Å². The summed E-state index contributed by atoms with van der Waals surface area (Å²) in [6.45, 7) is 12.9. The average molecular weight is 489 g/mol. The van der Waals surface area contributed by atoms with Crippen molar-refractivity contribution < 1.29 is 23.9 Å². The summed E-state index contributed by atoms with van der Waals surface area (Å²) in [4.78, 5) is 34.9. The van der Waals surface area contributed by atoms with Gasteiger partial charge in [0.05, 0.1) is 0 Å². The Kier molecular flexibility index (Phi) is 8.03. The van der Waals surface area contributed by atoms with Gasteiger partial charge in [0.1, 0.15) is 18.0 Å². The van der Waals surface area contributed by atoms with Crippen LogP contribution in [0.4, 0.5) is 0 Å². The normalized spacial score (nSPS) is 45.4. The van der Waals surface area contributed by atoms with Crippen molar-refractivity contribution in [2.24, 2.45) is 52.3 Å². The molecule has 0 aromatic rings. The summed E-state index contributed by atoms with van der Waals surface area (Å²) in [5.41, 5.74) is 0.453. The molecule has 0 bridgehead atoms. The van der Waals surface area contributed by atoms with Crippen molar-refractivity contribution in [3.63, 3.8) is 0 Å². The molecule has 0 aromatic heterocycles. The SMILES string of the molecule is CCC(=O)CC[C@@H](C)C1CC[C@H]2[C@@H]3[C@H](OC=O)[C@H](CC)C4C[C@H](OC=O)CCC4(C)[C@H]3CCC12C. The van der Waals surface area contributed by atoms with E-state index >= 15 is 0 Å². The molecule has 4 aliphatic rings. The fourth-order valence-corrected chi connectivity index (χ4v) is 10.1. The number of ketones is 1. The molecule has 0 aromatic carbocycles. The van der Waals surface area contributed by atoms with Gasteiger partial charge in [0.25, 0.3) is 12.9 Å². The fourth-order valence-electron chi connectivity index (χ4n) is 10.1. The lowest BCUT2D eigenvalue weighted by Crippen LogP contribution is -2.62. The summed E-state index contributed by atoms with van der Waals surface area (Å²) in [5, 5.41) is 0. The van der Waals surface area contributed by atoms with Gasteiger partial charge < -0.3 is 9.47 Å². The Bertz CT molecular complexity index is 781. The Morgan fingerprint density at radius 3 is 2.29 bits per heavy atom. The molecule has 0 N–H and O–H groups in total. The monoisotopic (exact) mass is 488 g/mol. The highest BCUT2D eigenvalue weighted by Gasteiger charge is 2.65. The van der Waals surface area contributed by atoms with Crippen LogP contribution >= 0.6 is 0 Å². The molecule has 4 unspecified atom stereocenters. The summed E-state index contributed by atoms with van der Waals surface area (Å²) in [6.07, 6.45) is 11.1. The van der Waals surface area contributed by atoms with Crippen LogP contribution in [0.5, 0.6) is 0 Å². The van der Waals surface area contributed by atoms with E-state index in [2.05, 4.69) is 27.7 Å². The van der Waals surface area contributed by atoms with Crippen LogP contribution in [0.2, 0.25) is 0 Å². The molecule has 198 valence electrons. The van der Waals surface area contributed by atoms with Gasteiger partial charge in [-0.3, -0.25) is 14.4 Å². The van der Waals surface area contributed by atoms with E-state index in [0.29, 0.717) is 73.0 Å². The number of ether oxygens (including phenoxy) is 2. The summed E-state index contributed by atoms with van der Waals surface area (Å²) in [7, 11) is 0. The lowest BCUT2D eigenvalue weighted by atomic mass is 9.41. The Hall–Kier alpha value is -1.39. The van der Waals surface area contributed by atoms with Gasteiger partial charge >= 0.3 is 0 Å². The van der Waals surface area contributed by atoms with Crippen LogP contribution in [-0.2, 0) is 23.9 Å². The van der Waals surface area contributed by atoms with E-state index in [1.54, 1.807) is 0 Å². The molecule has 0 amide bonds. The molecular formula is C30H48O5. The highest BCUT2D eigenvalue weighted by Crippen LogP contribution is 2.70. The standard InChI is InChI=1S/C30H48O5/c1-6-20(33)9-8-19(3)23-10-11-24-27-25(13-15-29(23,24)4)30(5)14-12-21(34-17-31)16-26(30)22(7-2)28(27)35-18-32/h17-19,21-28H,6-16H2,1-5H3/t19-,21-,22-,23?,24+,25+,26?,27+,28-,29?,30?/m1/s1. The number of carbonyl (C=O) groups excluding carboxylic acids is 3. The fraction of sp³-hybridized carbons (Fsp3) is 0.900. The Morgan fingerprint density at radius 2 is 1.63 bits per heavy atom. The topological polar surface area (TPSA) is 69.7 Å². The molecule has 35 heavy (non-hydrogen) atoms. The van der Waals surface area contributed by atoms with E-state index < -0.39 is 0 Å². The van der Waals surface area contributed by atoms with Gasteiger partial charge in [0.15, 0.2) is 0 Å². The second kappa shape index (κ2) is 10.5. The first-order valence-electron chi connectivity index (χ1n) is 14.4. The van der Waals surface area contributed by atoms with Crippen molar-refractivity contribution in [1.29, 1.82) is 0 Å². The third-order valence-electron chi connectivity index (χ3n) is 11.8. The molecule has 11 atom stereocenters. The van der Waals surface area contributed by atoms with Crippen LogP contribution in [0.25, 0.3) is 0 Å². The van der Waals surface area contributed by atoms with Crippen LogP contribution in [-0.4, -0.2) is 30.9 Å². The molecule has 0 saturated heterocycles. The molecule has 0 spiro atoms. The third kappa shape index (κ3) is 4.48. The largest absolute Gasteiger partial charge is 0.465 e. The van der Waals surface area contributed by atoms with Gasteiger partial charge in [-0.1, -0.05) is 34.6 Å². The number of hydrogen-bond acceptors (Lipinski definition) is 5. The predicted octanol–water partition coefficient (Wildman–Crippen LogP) is 6.37. The second-order valence-electron chi connectivity index (χ2n) is 12.9. The maximum atomic E-state index is 12.0. The van der Waals surface area contributed by atoms with E-state index in [-0.39, 0.29) is 23.0 Å². The van der Waals surface area contributed by atoms with Crippen molar-refractivity contribution in [3.05, 3.63) is 0 Å². The molecule has 0 radical (unpaired) electrons. The number of carbonyl (C=O) groups is 3.